The molecule has 10 nitrogen and oxygen atoms in total. The number of amidine groups is 1. The number of fused-ring (bicyclic) bond motifs is 1. The van der Waals surface area contributed by atoms with E-state index < -0.39 is 11.8 Å². The molecule has 5 heterocycles. The Labute approximate surface area is 237 Å². The Morgan fingerprint density at radius 3 is 2.60 bits per heavy atom. The first kappa shape index (κ1) is 28.6. The minimum absolute atomic E-state index is 0.0138. The molecular formula is C27H37F2N9OS. The van der Waals surface area contributed by atoms with Gasteiger partial charge in [-0.2, -0.15) is 0 Å². The molecule has 0 aromatic carbocycles. The maximum Gasteiger partial charge on any atom is 0.291 e. The maximum atomic E-state index is 13.2. The van der Waals surface area contributed by atoms with Crippen molar-refractivity contribution in [1.29, 1.82) is 0 Å². The first-order valence-electron chi connectivity index (χ1n) is 13.7. The van der Waals surface area contributed by atoms with E-state index in [-0.39, 0.29) is 34.5 Å². The van der Waals surface area contributed by atoms with Gasteiger partial charge < -0.3 is 16.0 Å². The summed E-state index contributed by atoms with van der Waals surface area (Å²) >= 11 is 0.874. The van der Waals surface area contributed by atoms with Crippen LogP contribution in [0.25, 0.3) is 10.7 Å². The second-order valence-electron chi connectivity index (χ2n) is 12.1. The predicted molar refractivity (Wildman–Crippen MR) is 153 cm³/mol. The Kier molecular flexibility index (Phi) is 7.99. The highest BCUT2D eigenvalue weighted by atomic mass is 32.1. The first-order chi connectivity index (χ1) is 18.9. The van der Waals surface area contributed by atoms with Gasteiger partial charge in [0.15, 0.2) is 10.0 Å². The average Bonchev–Trinajstić information content (AvgIpc) is 3.49. The minimum atomic E-state index is -2.66. The molecular weight excluding hydrogens is 536 g/mol. The molecule has 3 N–H and O–H groups in total. The summed E-state index contributed by atoms with van der Waals surface area (Å²) in [6.07, 6.45) is 0.429. The van der Waals surface area contributed by atoms with Crippen LogP contribution in [0.1, 0.15) is 70.5 Å². The largest absolute Gasteiger partial charge is 0.382 e. The Hall–Kier alpha value is -2.90. The number of nitrogens with one attached hydrogen (secondary N) is 3. The van der Waals surface area contributed by atoms with Gasteiger partial charge in [-0.25, -0.2) is 18.8 Å². The molecule has 2 atom stereocenters. The Morgan fingerprint density at radius 1 is 1.18 bits per heavy atom. The number of rotatable bonds is 8. The van der Waals surface area contributed by atoms with Crippen LogP contribution in [0.15, 0.2) is 22.1 Å². The lowest BCUT2D eigenvalue weighted by Crippen LogP contribution is -2.50. The van der Waals surface area contributed by atoms with Crippen LogP contribution >= 0.6 is 11.3 Å². The number of hydrogen-bond donors (Lipinski definition) is 3. The van der Waals surface area contributed by atoms with E-state index in [2.05, 4.69) is 56.8 Å². The lowest BCUT2D eigenvalue weighted by molar-refractivity contribution is -0.127. The molecule has 2 aromatic heterocycles. The van der Waals surface area contributed by atoms with Crippen molar-refractivity contribution >= 4 is 35.1 Å². The number of carbonyl (C=O) groups is 1. The zero-order chi connectivity index (χ0) is 28.7. The third-order valence-electron chi connectivity index (χ3n) is 7.77. The van der Waals surface area contributed by atoms with Crippen molar-refractivity contribution in [3.05, 3.63) is 22.8 Å². The molecule has 0 spiro atoms. The molecule has 0 saturated carbocycles. The topological polar surface area (TPSA) is 120 Å². The number of hydrogen-bond acceptors (Lipinski definition) is 10. The number of halogens is 2. The predicted octanol–water partition coefficient (Wildman–Crippen LogP) is 4.06. The summed E-state index contributed by atoms with van der Waals surface area (Å²) in [5, 5.41) is 17.6. The molecule has 0 bridgehead atoms. The van der Waals surface area contributed by atoms with Crippen molar-refractivity contribution < 1.29 is 13.6 Å². The van der Waals surface area contributed by atoms with Gasteiger partial charge in [-0.05, 0) is 45.7 Å². The molecule has 3 aliphatic rings. The highest BCUT2D eigenvalue weighted by Gasteiger charge is 2.53. The van der Waals surface area contributed by atoms with Crippen molar-refractivity contribution in [3.8, 4) is 10.7 Å². The van der Waals surface area contributed by atoms with E-state index in [1.54, 1.807) is 6.34 Å². The number of nitrogens with zero attached hydrogens (tertiary/aromatic N) is 6. The van der Waals surface area contributed by atoms with Crippen LogP contribution in [-0.4, -0.2) is 76.0 Å². The van der Waals surface area contributed by atoms with E-state index in [9.17, 15) is 13.6 Å². The molecule has 216 valence electrons. The normalized spacial score (nSPS) is 23.3. The van der Waals surface area contributed by atoms with Crippen molar-refractivity contribution in [2.45, 2.75) is 71.5 Å². The Balaban J connectivity index is 1.34. The summed E-state index contributed by atoms with van der Waals surface area (Å²) in [5.74, 6) is 0.721. The summed E-state index contributed by atoms with van der Waals surface area (Å²) in [4.78, 5) is 28.9. The van der Waals surface area contributed by atoms with Crippen molar-refractivity contribution in [3.63, 3.8) is 0 Å². The van der Waals surface area contributed by atoms with Gasteiger partial charge in [0.1, 0.15) is 24.0 Å². The quantitative estimate of drug-likeness (QED) is 0.408. The van der Waals surface area contributed by atoms with Gasteiger partial charge in [0.05, 0.1) is 22.7 Å². The van der Waals surface area contributed by atoms with E-state index in [0.29, 0.717) is 16.5 Å². The van der Waals surface area contributed by atoms with Crippen molar-refractivity contribution in [1.82, 2.24) is 30.7 Å². The third-order valence-corrected chi connectivity index (χ3v) is 8.72. The number of anilines is 1. The molecule has 13 heteroatoms. The van der Waals surface area contributed by atoms with Gasteiger partial charge in [0.2, 0.25) is 5.91 Å². The van der Waals surface area contributed by atoms with Gasteiger partial charge in [0, 0.05) is 37.6 Å². The number of aliphatic imine (C=N–C) groups is 2. The van der Waals surface area contributed by atoms with E-state index in [4.69, 9.17) is 9.98 Å². The summed E-state index contributed by atoms with van der Waals surface area (Å²) in [6.45, 7) is 13.3. The number of alkyl halides is 2. The molecule has 0 radical (unpaired) electrons. The lowest BCUT2D eigenvalue weighted by atomic mass is 9.77. The van der Waals surface area contributed by atoms with Crippen molar-refractivity contribution in [2.24, 2.45) is 21.3 Å². The van der Waals surface area contributed by atoms with E-state index >= 15 is 0 Å². The molecule has 2 saturated heterocycles. The monoisotopic (exact) mass is 573 g/mol. The zero-order valence-corrected chi connectivity index (χ0v) is 24.4. The number of aromatic nitrogens is 3. The molecule has 2 unspecified atom stereocenters. The fraction of sp³-hybridized carbons (Fsp3) is 0.630. The number of likely N-dealkylation sites (tertiary alicyclic amines) is 1. The minimum Gasteiger partial charge on any atom is -0.382 e. The van der Waals surface area contributed by atoms with Gasteiger partial charge in [-0.3, -0.25) is 14.7 Å². The highest BCUT2D eigenvalue weighted by molar-refractivity contribution is 7.14. The fourth-order valence-electron chi connectivity index (χ4n) is 5.57. The smallest absolute Gasteiger partial charge is 0.291 e. The molecule has 40 heavy (non-hydrogen) atoms. The Morgan fingerprint density at radius 2 is 1.93 bits per heavy atom. The first-order valence-corrected chi connectivity index (χ1v) is 14.5. The molecule has 5 rings (SSSR count). The molecule has 2 aromatic rings. The second kappa shape index (κ2) is 11.2. The highest BCUT2D eigenvalue weighted by Crippen LogP contribution is 2.41. The van der Waals surface area contributed by atoms with E-state index in [1.165, 1.54) is 0 Å². The van der Waals surface area contributed by atoms with Gasteiger partial charge in [-0.1, -0.05) is 25.2 Å². The number of piperidine rings is 1. The molecule has 0 aliphatic carbocycles. The number of carbonyl (C=O) groups excluding carboxylic acids is 1. The van der Waals surface area contributed by atoms with E-state index in [1.807, 2.05) is 26.0 Å². The van der Waals surface area contributed by atoms with E-state index in [0.717, 1.165) is 61.7 Å². The third kappa shape index (κ3) is 5.91. The maximum absolute atomic E-state index is 13.2. The SMILES string of the molecule is CC(C)(C)NCCNc1ccc(-c2nnc(C(F)F)s2)nc1C1CCN(C2N=CN=C3NC(=O)C(C)(C)C32)CC1. The van der Waals surface area contributed by atoms with Crippen LogP contribution in [0.2, 0.25) is 0 Å². The summed E-state index contributed by atoms with van der Waals surface area (Å²) < 4.78 is 26.3. The van der Waals surface area contributed by atoms with Crippen LogP contribution in [-0.2, 0) is 4.79 Å². The molecule has 2 fully saturated rings. The molecule has 1 amide bonds. The summed E-state index contributed by atoms with van der Waals surface area (Å²) in [6, 6.07) is 3.79. The number of amides is 1. The summed E-state index contributed by atoms with van der Waals surface area (Å²) in [7, 11) is 0. The van der Waals surface area contributed by atoms with Gasteiger partial charge in [-0.15, -0.1) is 10.2 Å². The zero-order valence-electron chi connectivity index (χ0n) is 23.5. The fourth-order valence-corrected chi connectivity index (χ4v) is 6.24. The van der Waals surface area contributed by atoms with Crippen LogP contribution < -0.4 is 16.0 Å². The lowest BCUT2D eigenvalue weighted by Gasteiger charge is -2.41. The van der Waals surface area contributed by atoms with Crippen LogP contribution in [0.4, 0.5) is 14.5 Å². The summed E-state index contributed by atoms with van der Waals surface area (Å²) in [5.41, 5.74) is 1.82. The van der Waals surface area contributed by atoms with Crippen LogP contribution in [0, 0.1) is 11.3 Å². The standard InChI is InChI=1S/C27H37F2N9OS/c1-26(2,3)33-11-10-30-16-6-7-17(23-36-37-24(40-23)20(28)29)34-19(16)15-8-12-38(13-9-15)22-18-21(31-14-32-22)35-25(39)27(18,4)5/h6-7,14-15,18,20,22,30,33H,8-13H2,1-5H3,(H,31,32,35,39). The van der Waals surface area contributed by atoms with Crippen LogP contribution in [0.3, 0.4) is 0 Å². The van der Waals surface area contributed by atoms with Gasteiger partial charge >= 0.3 is 0 Å². The molecule has 3 aliphatic heterocycles. The van der Waals surface area contributed by atoms with Crippen molar-refractivity contribution in [2.75, 3.05) is 31.5 Å². The Bertz CT molecular complexity index is 1300. The van der Waals surface area contributed by atoms with Gasteiger partial charge in [0.25, 0.3) is 6.43 Å². The number of pyridine rings is 1. The second-order valence-corrected chi connectivity index (χ2v) is 13.1. The average molecular weight is 574 g/mol. The van der Waals surface area contributed by atoms with Crippen LogP contribution in [0.5, 0.6) is 0 Å².